The number of rotatable bonds is 3. The van der Waals surface area contributed by atoms with E-state index in [4.69, 9.17) is 0 Å². The van der Waals surface area contributed by atoms with Crippen molar-refractivity contribution in [1.29, 1.82) is 0 Å². The van der Waals surface area contributed by atoms with Gasteiger partial charge in [0.1, 0.15) is 5.82 Å². The lowest BCUT2D eigenvalue weighted by atomic mass is 10.2. The fourth-order valence-electron chi connectivity index (χ4n) is 1.41. The van der Waals surface area contributed by atoms with E-state index in [1.807, 2.05) is 6.92 Å². The summed E-state index contributed by atoms with van der Waals surface area (Å²) in [6.07, 6.45) is 2.72. The molecular weight excluding hydrogens is 245 g/mol. The summed E-state index contributed by atoms with van der Waals surface area (Å²) < 4.78 is 13.3. The fourth-order valence-corrected chi connectivity index (χ4v) is 1.41. The Balaban J connectivity index is 2.01. The summed E-state index contributed by atoms with van der Waals surface area (Å²) >= 11 is 0. The number of carbonyl (C=O) groups excluding carboxylic acids is 1. The predicted molar refractivity (Wildman–Crippen MR) is 70.4 cm³/mol. The van der Waals surface area contributed by atoms with Crippen LogP contribution in [0.4, 0.5) is 4.39 Å². The van der Waals surface area contributed by atoms with Crippen molar-refractivity contribution in [3.05, 3.63) is 65.2 Å². The van der Waals surface area contributed by atoms with Crippen molar-refractivity contribution >= 4 is 12.1 Å². The number of hydrazone groups is 1. The van der Waals surface area contributed by atoms with E-state index in [1.54, 1.807) is 30.3 Å². The summed E-state index contributed by atoms with van der Waals surface area (Å²) in [7, 11) is 0. The molecule has 4 nitrogen and oxygen atoms in total. The van der Waals surface area contributed by atoms with Crippen molar-refractivity contribution in [1.82, 2.24) is 10.4 Å². The Hall–Kier alpha value is -2.56. The highest BCUT2D eigenvalue weighted by molar-refractivity contribution is 5.94. The van der Waals surface area contributed by atoms with Gasteiger partial charge in [-0.1, -0.05) is 18.2 Å². The van der Waals surface area contributed by atoms with E-state index in [0.717, 1.165) is 5.69 Å². The third-order valence-electron chi connectivity index (χ3n) is 2.45. The molecule has 2 aromatic rings. The molecule has 1 aromatic carbocycles. The Morgan fingerprint density at radius 1 is 1.32 bits per heavy atom. The first-order valence-electron chi connectivity index (χ1n) is 5.67. The highest BCUT2D eigenvalue weighted by Gasteiger charge is 2.03. The Bertz CT molecular complexity index is 608. The molecule has 2 rings (SSSR count). The average Bonchev–Trinajstić information content (AvgIpc) is 2.41. The van der Waals surface area contributed by atoms with Crippen LogP contribution in [0.3, 0.4) is 0 Å². The van der Waals surface area contributed by atoms with E-state index in [-0.39, 0.29) is 5.91 Å². The molecule has 1 amide bonds. The number of aromatic nitrogens is 1. The zero-order chi connectivity index (χ0) is 13.7. The lowest BCUT2D eigenvalue weighted by Gasteiger charge is -2.00. The second-order valence-electron chi connectivity index (χ2n) is 3.91. The molecule has 0 radical (unpaired) electrons. The van der Waals surface area contributed by atoms with Gasteiger partial charge in [-0.2, -0.15) is 5.10 Å². The second kappa shape index (κ2) is 5.86. The maximum atomic E-state index is 13.3. The maximum Gasteiger partial charge on any atom is 0.272 e. The van der Waals surface area contributed by atoms with Gasteiger partial charge in [0.2, 0.25) is 0 Å². The van der Waals surface area contributed by atoms with Crippen LogP contribution < -0.4 is 5.43 Å². The summed E-state index contributed by atoms with van der Waals surface area (Å²) in [5.74, 6) is -0.780. The Morgan fingerprint density at radius 2 is 2.11 bits per heavy atom. The molecule has 0 bridgehead atoms. The van der Waals surface area contributed by atoms with Crippen LogP contribution >= 0.6 is 0 Å². The molecule has 0 aliphatic carbocycles. The second-order valence-corrected chi connectivity index (χ2v) is 3.91. The van der Waals surface area contributed by atoms with Crippen LogP contribution in [0.15, 0.2) is 47.7 Å². The molecule has 19 heavy (non-hydrogen) atoms. The van der Waals surface area contributed by atoms with E-state index in [2.05, 4.69) is 15.5 Å². The van der Waals surface area contributed by atoms with E-state index in [9.17, 15) is 9.18 Å². The van der Waals surface area contributed by atoms with Gasteiger partial charge in [-0.05, 0) is 25.1 Å². The highest BCUT2D eigenvalue weighted by Crippen LogP contribution is 2.03. The third-order valence-corrected chi connectivity index (χ3v) is 2.45. The molecule has 0 spiro atoms. The first-order valence-corrected chi connectivity index (χ1v) is 5.67. The normalized spacial score (nSPS) is 10.6. The number of nitrogens with one attached hydrogen (secondary N) is 1. The zero-order valence-corrected chi connectivity index (χ0v) is 10.3. The van der Waals surface area contributed by atoms with Crippen LogP contribution in [0.2, 0.25) is 0 Å². The molecule has 0 saturated heterocycles. The summed E-state index contributed by atoms with van der Waals surface area (Å²) in [4.78, 5) is 15.7. The zero-order valence-electron chi connectivity index (χ0n) is 10.3. The van der Waals surface area contributed by atoms with Gasteiger partial charge < -0.3 is 0 Å². The predicted octanol–water partition coefficient (Wildman–Crippen LogP) is 2.29. The first-order chi connectivity index (χ1) is 9.16. The third kappa shape index (κ3) is 3.45. The lowest BCUT2D eigenvalue weighted by Crippen LogP contribution is -2.17. The van der Waals surface area contributed by atoms with Gasteiger partial charge in [-0.3, -0.25) is 9.78 Å². The molecule has 1 N–H and O–H groups in total. The fraction of sp³-hybridized carbons (Fsp3) is 0.0714. The quantitative estimate of drug-likeness (QED) is 0.677. The smallest absolute Gasteiger partial charge is 0.267 e. The van der Waals surface area contributed by atoms with Crippen LogP contribution in [0, 0.1) is 12.7 Å². The number of amides is 1. The number of hydrogen-bond acceptors (Lipinski definition) is 3. The van der Waals surface area contributed by atoms with Crippen LogP contribution in [-0.4, -0.2) is 17.1 Å². The number of hydrogen-bond donors (Lipinski definition) is 1. The minimum atomic E-state index is -0.391. The van der Waals surface area contributed by atoms with Gasteiger partial charge in [0.25, 0.3) is 5.91 Å². The number of carbonyl (C=O) groups is 1. The van der Waals surface area contributed by atoms with E-state index in [1.165, 1.54) is 18.5 Å². The number of pyridine rings is 1. The lowest BCUT2D eigenvalue weighted by molar-refractivity contribution is 0.0954. The minimum Gasteiger partial charge on any atom is -0.267 e. The molecule has 1 aromatic heterocycles. The van der Waals surface area contributed by atoms with Crippen molar-refractivity contribution in [3.8, 4) is 0 Å². The van der Waals surface area contributed by atoms with Crippen LogP contribution in [0.5, 0.6) is 0 Å². The van der Waals surface area contributed by atoms with Crippen molar-refractivity contribution < 1.29 is 9.18 Å². The molecule has 0 unspecified atom stereocenters. The number of nitrogens with zero attached hydrogens (tertiary/aromatic N) is 2. The van der Waals surface area contributed by atoms with Crippen molar-refractivity contribution in [2.75, 3.05) is 0 Å². The van der Waals surface area contributed by atoms with Crippen LogP contribution in [-0.2, 0) is 0 Å². The standard InChI is InChI=1S/C14H12FN3O/c1-10-6-7-12(8-16-10)14(19)18-17-9-11-4-2-3-5-13(11)15/h2-9H,1H3,(H,18,19). The van der Waals surface area contributed by atoms with Crippen molar-refractivity contribution in [2.24, 2.45) is 5.10 Å². The van der Waals surface area contributed by atoms with E-state index in [0.29, 0.717) is 11.1 Å². The number of benzene rings is 1. The van der Waals surface area contributed by atoms with Gasteiger partial charge in [0.05, 0.1) is 11.8 Å². The van der Waals surface area contributed by atoms with E-state index >= 15 is 0 Å². The van der Waals surface area contributed by atoms with Gasteiger partial charge in [-0.15, -0.1) is 0 Å². The summed E-state index contributed by atoms with van der Waals surface area (Å²) in [6.45, 7) is 1.83. The molecule has 0 fully saturated rings. The molecular formula is C14H12FN3O. The van der Waals surface area contributed by atoms with Gasteiger partial charge in [0.15, 0.2) is 0 Å². The minimum absolute atomic E-state index is 0.310. The molecule has 96 valence electrons. The number of halogens is 1. The Labute approximate surface area is 110 Å². The molecule has 5 heteroatoms. The Kier molecular flexibility index (Phi) is 3.97. The topological polar surface area (TPSA) is 54.4 Å². The van der Waals surface area contributed by atoms with Crippen molar-refractivity contribution in [3.63, 3.8) is 0 Å². The SMILES string of the molecule is Cc1ccc(C(=O)NN=Cc2ccccc2F)cn1. The molecule has 0 atom stereocenters. The van der Waals surface area contributed by atoms with Crippen LogP contribution in [0.25, 0.3) is 0 Å². The maximum absolute atomic E-state index is 13.3. The van der Waals surface area contributed by atoms with Gasteiger partial charge in [0, 0.05) is 17.5 Å². The Morgan fingerprint density at radius 3 is 2.79 bits per heavy atom. The largest absolute Gasteiger partial charge is 0.272 e. The summed E-state index contributed by atoms with van der Waals surface area (Å²) in [5, 5.41) is 3.71. The van der Waals surface area contributed by atoms with E-state index < -0.39 is 5.82 Å². The van der Waals surface area contributed by atoms with Gasteiger partial charge in [-0.25, -0.2) is 9.82 Å². The molecule has 0 aliphatic rings. The average molecular weight is 257 g/mol. The number of aryl methyl sites for hydroxylation is 1. The van der Waals surface area contributed by atoms with Crippen molar-refractivity contribution in [2.45, 2.75) is 6.92 Å². The molecule has 0 aliphatic heterocycles. The summed E-state index contributed by atoms with van der Waals surface area (Å²) in [5.41, 5.74) is 3.85. The van der Waals surface area contributed by atoms with Crippen LogP contribution in [0.1, 0.15) is 21.6 Å². The monoisotopic (exact) mass is 257 g/mol. The first kappa shape index (κ1) is 12.9. The highest BCUT2D eigenvalue weighted by atomic mass is 19.1. The molecule has 0 saturated carbocycles. The molecule has 1 heterocycles. The summed E-state index contributed by atoms with van der Waals surface area (Å²) in [6, 6.07) is 9.55. The van der Waals surface area contributed by atoms with Gasteiger partial charge >= 0.3 is 0 Å².